The van der Waals surface area contributed by atoms with E-state index in [0.717, 1.165) is 43.5 Å². The summed E-state index contributed by atoms with van der Waals surface area (Å²) in [4.78, 5) is 41.3. The maximum absolute atomic E-state index is 13.8. The van der Waals surface area contributed by atoms with Gasteiger partial charge in [-0.3, -0.25) is 9.59 Å². The lowest BCUT2D eigenvalue weighted by Gasteiger charge is -2.56. The van der Waals surface area contributed by atoms with Crippen LogP contribution >= 0.6 is 0 Å². The molecule has 184 valence electrons. The number of rotatable bonds is 6. The summed E-state index contributed by atoms with van der Waals surface area (Å²) in [5, 5.41) is 10.4. The van der Waals surface area contributed by atoms with Gasteiger partial charge in [0.2, 0.25) is 11.7 Å². The van der Waals surface area contributed by atoms with E-state index in [2.05, 4.69) is 4.57 Å². The number of amides is 1. The first kappa shape index (κ1) is 22.3. The van der Waals surface area contributed by atoms with E-state index < -0.39 is 18.1 Å². The Hall–Kier alpha value is -2.15. The second kappa shape index (κ2) is 7.94. The van der Waals surface area contributed by atoms with Crippen LogP contribution in [-0.4, -0.2) is 57.5 Å². The van der Waals surface area contributed by atoms with Crippen LogP contribution in [0.1, 0.15) is 85.6 Å². The Balaban J connectivity index is 1.14. The second-order valence-electron chi connectivity index (χ2n) is 12.0. The van der Waals surface area contributed by atoms with Crippen LogP contribution in [0.3, 0.4) is 0 Å². The molecule has 7 nitrogen and oxygen atoms in total. The number of aryl methyl sites for hydroxylation is 1. The molecule has 2 heterocycles. The predicted octanol–water partition coefficient (Wildman–Crippen LogP) is 3.34. The molecule has 0 aromatic carbocycles. The fraction of sp³-hybridized carbons (Fsp3) is 0.741. The SMILES string of the molecule is Cc1cc(C(=O)COC(=O)C2CC(O)CN2C(=O)C23CC4CC(CC(C4)C2)C3)c(C)n1C1CC1. The zero-order valence-electron chi connectivity index (χ0n) is 20.3. The van der Waals surface area contributed by atoms with Gasteiger partial charge in [-0.2, -0.15) is 0 Å². The smallest absolute Gasteiger partial charge is 0.329 e. The summed E-state index contributed by atoms with van der Waals surface area (Å²) in [6.45, 7) is 3.79. The van der Waals surface area contributed by atoms with E-state index in [-0.39, 0.29) is 36.7 Å². The van der Waals surface area contributed by atoms with Crippen LogP contribution in [0.25, 0.3) is 0 Å². The lowest BCUT2D eigenvalue weighted by molar-refractivity contribution is -0.165. The first-order chi connectivity index (χ1) is 16.2. The number of carbonyl (C=O) groups is 3. The highest BCUT2D eigenvalue weighted by molar-refractivity contribution is 5.99. The number of ether oxygens (including phenoxy) is 1. The van der Waals surface area contributed by atoms with Crippen molar-refractivity contribution in [3.8, 4) is 0 Å². The Morgan fingerprint density at radius 1 is 1.03 bits per heavy atom. The van der Waals surface area contributed by atoms with Gasteiger partial charge < -0.3 is 19.3 Å². The van der Waals surface area contributed by atoms with Crippen molar-refractivity contribution in [3.05, 3.63) is 23.0 Å². The van der Waals surface area contributed by atoms with Crippen molar-refractivity contribution in [3.63, 3.8) is 0 Å². The molecule has 34 heavy (non-hydrogen) atoms. The van der Waals surface area contributed by atoms with Gasteiger partial charge in [0.05, 0.1) is 11.5 Å². The number of hydrogen-bond acceptors (Lipinski definition) is 5. The Morgan fingerprint density at radius 3 is 2.24 bits per heavy atom. The van der Waals surface area contributed by atoms with Crippen molar-refractivity contribution in [2.45, 2.75) is 89.8 Å². The fourth-order valence-corrected chi connectivity index (χ4v) is 8.20. The molecule has 0 radical (unpaired) electrons. The van der Waals surface area contributed by atoms with Crippen LogP contribution in [0, 0.1) is 37.0 Å². The molecule has 1 aliphatic heterocycles. The summed E-state index contributed by atoms with van der Waals surface area (Å²) >= 11 is 0. The summed E-state index contributed by atoms with van der Waals surface area (Å²) in [7, 11) is 0. The van der Waals surface area contributed by atoms with Crippen LogP contribution in [0.4, 0.5) is 0 Å². The molecule has 5 aliphatic carbocycles. The molecule has 0 spiro atoms. The van der Waals surface area contributed by atoms with Crippen LogP contribution in [-0.2, 0) is 14.3 Å². The number of carbonyl (C=O) groups excluding carboxylic acids is 3. The third-order valence-corrected chi connectivity index (χ3v) is 9.35. The van der Waals surface area contributed by atoms with Crippen molar-refractivity contribution in [2.75, 3.05) is 13.2 Å². The van der Waals surface area contributed by atoms with E-state index in [1.54, 1.807) is 4.90 Å². The summed E-state index contributed by atoms with van der Waals surface area (Å²) in [6, 6.07) is 1.56. The van der Waals surface area contributed by atoms with Crippen molar-refractivity contribution < 1.29 is 24.2 Å². The molecule has 6 aliphatic rings. The van der Waals surface area contributed by atoms with Gasteiger partial charge in [-0.1, -0.05) is 0 Å². The Morgan fingerprint density at radius 2 is 1.65 bits per heavy atom. The highest BCUT2D eigenvalue weighted by Gasteiger charge is 2.57. The highest BCUT2D eigenvalue weighted by Crippen LogP contribution is 2.60. The first-order valence-corrected chi connectivity index (χ1v) is 13.1. The third kappa shape index (κ3) is 3.62. The van der Waals surface area contributed by atoms with E-state index in [9.17, 15) is 19.5 Å². The summed E-state index contributed by atoms with van der Waals surface area (Å²) in [5.41, 5.74) is 2.22. The lowest BCUT2D eigenvalue weighted by atomic mass is 9.49. The minimum atomic E-state index is -0.804. The van der Waals surface area contributed by atoms with E-state index in [0.29, 0.717) is 29.4 Å². The van der Waals surface area contributed by atoms with Crippen LogP contribution < -0.4 is 0 Å². The highest BCUT2D eigenvalue weighted by atomic mass is 16.5. The third-order valence-electron chi connectivity index (χ3n) is 9.35. The van der Waals surface area contributed by atoms with Gasteiger partial charge in [-0.05, 0) is 89.0 Å². The van der Waals surface area contributed by atoms with E-state index >= 15 is 0 Å². The standard InChI is InChI=1S/C27H36N2O5/c1-15-5-22(16(2)29(15)20-3-4-20)24(31)14-34-25(32)23-9-21(30)13-28(23)26(33)27-10-17-6-18(11-27)8-19(7-17)12-27/h5,17-21,23,30H,3-4,6-14H2,1-2H3. The van der Waals surface area contributed by atoms with Crippen molar-refractivity contribution in [1.82, 2.24) is 9.47 Å². The van der Waals surface area contributed by atoms with Crippen molar-refractivity contribution >= 4 is 17.7 Å². The van der Waals surface area contributed by atoms with Crippen LogP contribution in [0.5, 0.6) is 0 Å². The van der Waals surface area contributed by atoms with E-state index in [1.807, 2.05) is 19.9 Å². The molecule has 7 heteroatoms. The zero-order valence-corrected chi connectivity index (χ0v) is 20.3. The number of hydrogen-bond donors (Lipinski definition) is 1. The summed E-state index contributed by atoms with van der Waals surface area (Å²) in [5.74, 6) is 1.12. The molecule has 1 amide bonds. The van der Waals surface area contributed by atoms with Gasteiger partial charge in [0, 0.05) is 36.0 Å². The minimum Gasteiger partial charge on any atom is -0.456 e. The summed E-state index contributed by atoms with van der Waals surface area (Å²) < 4.78 is 7.67. The fourth-order valence-electron chi connectivity index (χ4n) is 8.20. The van der Waals surface area contributed by atoms with Gasteiger partial charge in [-0.15, -0.1) is 0 Å². The number of likely N-dealkylation sites (tertiary alicyclic amines) is 1. The molecule has 1 aromatic heterocycles. The number of Topliss-reactive ketones (excluding diaryl/α,β-unsaturated/α-hetero) is 1. The first-order valence-electron chi connectivity index (χ1n) is 13.1. The minimum absolute atomic E-state index is 0.0319. The van der Waals surface area contributed by atoms with Crippen LogP contribution in [0.15, 0.2) is 6.07 Å². The molecule has 7 rings (SSSR count). The molecule has 1 N–H and O–H groups in total. The number of nitrogens with zero attached hydrogens (tertiary/aromatic N) is 2. The normalized spacial score (nSPS) is 36.2. The molecule has 2 atom stereocenters. The molecule has 4 bridgehead atoms. The zero-order chi connectivity index (χ0) is 23.8. The summed E-state index contributed by atoms with van der Waals surface area (Å²) in [6.07, 6.45) is 8.19. The van der Waals surface area contributed by atoms with Crippen molar-refractivity contribution in [2.24, 2.45) is 23.2 Å². The monoisotopic (exact) mass is 468 g/mol. The Kier molecular flexibility index (Phi) is 5.21. The Labute approximate surface area is 200 Å². The van der Waals surface area contributed by atoms with E-state index in [4.69, 9.17) is 4.74 Å². The van der Waals surface area contributed by atoms with E-state index in [1.165, 1.54) is 19.3 Å². The van der Waals surface area contributed by atoms with Gasteiger partial charge in [0.25, 0.3) is 0 Å². The molecular formula is C27H36N2O5. The number of aliphatic hydroxyl groups excluding tert-OH is 1. The number of aromatic nitrogens is 1. The lowest BCUT2D eigenvalue weighted by Crippen LogP contribution is -2.56. The number of ketones is 1. The van der Waals surface area contributed by atoms with Gasteiger partial charge in [0.15, 0.2) is 6.61 Å². The molecule has 1 saturated heterocycles. The van der Waals surface area contributed by atoms with Crippen LogP contribution in [0.2, 0.25) is 0 Å². The maximum atomic E-state index is 13.8. The van der Waals surface area contributed by atoms with Crippen molar-refractivity contribution in [1.29, 1.82) is 0 Å². The predicted molar refractivity (Wildman–Crippen MR) is 124 cm³/mol. The molecule has 6 fully saturated rings. The largest absolute Gasteiger partial charge is 0.456 e. The number of esters is 1. The molecule has 5 saturated carbocycles. The van der Waals surface area contributed by atoms with Gasteiger partial charge in [0.1, 0.15) is 6.04 Å². The molecule has 2 unspecified atom stereocenters. The number of β-amino-alcohol motifs (C(OH)–C–C–N with tert-alkyl or cyclic N) is 1. The maximum Gasteiger partial charge on any atom is 0.329 e. The molecular weight excluding hydrogens is 432 g/mol. The topological polar surface area (TPSA) is 88.8 Å². The average molecular weight is 469 g/mol. The Bertz CT molecular complexity index is 1000. The number of aliphatic hydroxyl groups is 1. The second-order valence-corrected chi connectivity index (χ2v) is 12.0. The average Bonchev–Trinajstić information content (AvgIpc) is 3.46. The molecule has 1 aromatic rings. The van der Waals surface area contributed by atoms with Gasteiger partial charge in [-0.25, -0.2) is 4.79 Å². The van der Waals surface area contributed by atoms with Gasteiger partial charge >= 0.3 is 5.97 Å². The quantitative estimate of drug-likeness (QED) is 0.511.